The Kier molecular flexibility index (Phi) is 6.15. The van der Waals surface area contributed by atoms with Crippen LogP contribution in [0, 0.1) is 17.6 Å². The van der Waals surface area contributed by atoms with Gasteiger partial charge in [0, 0.05) is 42.5 Å². The molecule has 4 unspecified atom stereocenters. The highest BCUT2D eigenvalue weighted by atomic mass is 19.1. The van der Waals surface area contributed by atoms with E-state index in [9.17, 15) is 9.18 Å². The molecule has 4 aromatic rings. The molecule has 2 bridgehead atoms. The lowest BCUT2D eigenvalue weighted by Gasteiger charge is -2.23. The van der Waals surface area contributed by atoms with E-state index in [1.54, 1.807) is 30.2 Å². The largest absolute Gasteiger partial charge is 0.494 e. The Hall–Kier alpha value is -4.12. The van der Waals surface area contributed by atoms with Crippen LogP contribution in [0.2, 0.25) is 0 Å². The maximum Gasteiger partial charge on any atom is 0.252 e. The molecule has 11 heteroatoms. The maximum atomic E-state index is 15.0. The van der Waals surface area contributed by atoms with Crippen molar-refractivity contribution in [3.05, 3.63) is 77.2 Å². The first-order chi connectivity index (χ1) is 18.4. The topological polar surface area (TPSA) is 103 Å². The fourth-order valence-electron chi connectivity index (χ4n) is 5.31. The number of anilines is 1. The Bertz CT molecular complexity index is 1530. The molecule has 0 radical (unpaired) electrons. The zero-order valence-electron chi connectivity index (χ0n) is 20.8. The van der Waals surface area contributed by atoms with Crippen LogP contribution in [0.3, 0.4) is 0 Å². The lowest BCUT2D eigenvalue weighted by molar-refractivity contribution is 0.0723. The number of methoxy groups -OCH3 is 1. The van der Waals surface area contributed by atoms with Crippen LogP contribution in [0.25, 0.3) is 10.9 Å². The van der Waals surface area contributed by atoms with Gasteiger partial charge in [-0.05, 0) is 42.7 Å². The second kappa shape index (κ2) is 9.64. The van der Waals surface area contributed by atoms with Crippen LogP contribution >= 0.6 is 0 Å². The van der Waals surface area contributed by atoms with Crippen molar-refractivity contribution in [2.75, 3.05) is 19.0 Å². The summed E-state index contributed by atoms with van der Waals surface area (Å²) in [7, 11) is 3.12. The van der Waals surface area contributed by atoms with Crippen molar-refractivity contribution < 1.29 is 23.0 Å². The van der Waals surface area contributed by atoms with Gasteiger partial charge in [-0.2, -0.15) is 5.10 Å². The van der Waals surface area contributed by atoms with Crippen molar-refractivity contribution in [1.29, 1.82) is 0 Å². The SMILES string of the molecule is COc1ccc(C(NC(=O)c2cc(F)c3cnc(NC4CC5CC4CO5)nc3c2)c2cnn(C)c2)cc1F. The molecule has 196 valence electrons. The quantitative estimate of drug-likeness (QED) is 0.383. The highest BCUT2D eigenvalue weighted by molar-refractivity contribution is 5.98. The van der Waals surface area contributed by atoms with Crippen LogP contribution in [0.5, 0.6) is 5.75 Å². The van der Waals surface area contributed by atoms with Gasteiger partial charge in [0.15, 0.2) is 11.6 Å². The maximum absolute atomic E-state index is 15.0. The van der Waals surface area contributed by atoms with Gasteiger partial charge in [-0.1, -0.05) is 6.07 Å². The lowest BCUT2D eigenvalue weighted by atomic mass is 10.0. The third kappa shape index (κ3) is 4.53. The summed E-state index contributed by atoms with van der Waals surface area (Å²) >= 11 is 0. The number of aromatic nitrogens is 4. The van der Waals surface area contributed by atoms with Gasteiger partial charge < -0.3 is 20.1 Å². The van der Waals surface area contributed by atoms with Crippen molar-refractivity contribution in [1.82, 2.24) is 25.1 Å². The Morgan fingerprint density at radius 1 is 1.16 bits per heavy atom. The number of carbonyl (C=O) groups excluding carboxylic acids is 1. The number of fused-ring (bicyclic) bond motifs is 3. The van der Waals surface area contributed by atoms with Crippen LogP contribution < -0.4 is 15.4 Å². The number of amides is 1. The summed E-state index contributed by atoms with van der Waals surface area (Å²) in [5.74, 6) is -0.850. The monoisotopic (exact) mass is 520 g/mol. The number of nitrogens with one attached hydrogen (secondary N) is 2. The van der Waals surface area contributed by atoms with E-state index in [4.69, 9.17) is 9.47 Å². The van der Waals surface area contributed by atoms with Crippen molar-refractivity contribution in [3.8, 4) is 5.75 Å². The number of carbonyl (C=O) groups is 1. The minimum atomic E-state index is -0.738. The van der Waals surface area contributed by atoms with E-state index in [1.807, 2.05) is 0 Å². The molecule has 1 aliphatic heterocycles. The van der Waals surface area contributed by atoms with Crippen molar-refractivity contribution >= 4 is 22.8 Å². The molecular formula is C27H26F2N6O3. The van der Waals surface area contributed by atoms with Gasteiger partial charge in [0.05, 0.1) is 43.0 Å². The van der Waals surface area contributed by atoms with Gasteiger partial charge in [0.1, 0.15) is 5.82 Å². The van der Waals surface area contributed by atoms with E-state index in [0.717, 1.165) is 18.9 Å². The second-order valence-electron chi connectivity index (χ2n) is 9.77. The average Bonchev–Trinajstić information content (AvgIpc) is 3.64. The van der Waals surface area contributed by atoms with Crippen LogP contribution in [0.4, 0.5) is 14.7 Å². The average molecular weight is 521 g/mol. The predicted molar refractivity (Wildman–Crippen MR) is 135 cm³/mol. The zero-order valence-corrected chi connectivity index (χ0v) is 20.8. The molecule has 4 atom stereocenters. The van der Waals surface area contributed by atoms with E-state index in [2.05, 4.69) is 25.7 Å². The number of hydrogen-bond acceptors (Lipinski definition) is 7. The van der Waals surface area contributed by atoms with Crippen LogP contribution in [0.1, 0.15) is 40.4 Å². The first kappa shape index (κ1) is 24.2. The van der Waals surface area contributed by atoms with Crippen LogP contribution in [-0.2, 0) is 11.8 Å². The summed E-state index contributed by atoms with van der Waals surface area (Å²) in [6.45, 7) is 0.713. The minimum Gasteiger partial charge on any atom is -0.494 e. The summed E-state index contributed by atoms with van der Waals surface area (Å²) in [5, 5.41) is 10.6. The Morgan fingerprint density at radius 2 is 2.03 bits per heavy atom. The molecule has 3 heterocycles. The number of rotatable bonds is 7. The summed E-state index contributed by atoms with van der Waals surface area (Å²) in [6, 6.07) is 6.58. The van der Waals surface area contributed by atoms with Gasteiger partial charge >= 0.3 is 0 Å². The number of ether oxygens (including phenoxy) is 2. The van der Waals surface area contributed by atoms with Crippen LogP contribution in [0.15, 0.2) is 48.9 Å². The Balaban J connectivity index is 1.29. The molecule has 0 spiro atoms. The van der Waals surface area contributed by atoms with Gasteiger partial charge in [-0.25, -0.2) is 18.7 Å². The fourth-order valence-corrected chi connectivity index (χ4v) is 5.31. The van der Waals surface area contributed by atoms with E-state index in [0.29, 0.717) is 35.1 Å². The smallest absolute Gasteiger partial charge is 0.252 e. The molecule has 1 amide bonds. The van der Waals surface area contributed by atoms with Gasteiger partial charge in [-0.15, -0.1) is 0 Å². The summed E-state index contributed by atoms with van der Waals surface area (Å²) in [4.78, 5) is 22.1. The molecule has 1 aliphatic carbocycles. The predicted octanol–water partition coefficient (Wildman–Crippen LogP) is 3.76. The van der Waals surface area contributed by atoms with Crippen LogP contribution in [-0.4, -0.2) is 51.5 Å². The number of halogens is 2. The molecule has 1 saturated carbocycles. The summed E-state index contributed by atoms with van der Waals surface area (Å²) < 4.78 is 41.8. The standard InChI is InChI=1S/C27H26F2N6O3/c1-35-12-17(10-31-35)25(14-3-4-24(37-2)21(29)6-14)34-26(36)15-7-20(28)19-11-30-27(33-23(19)8-15)32-22-9-18-5-16(22)13-38-18/h3-4,6-8,10-12,16,18,22,25H,5,9,13H2,1-2H3,(H,34,36)(H,30,32,33). The van der Waals surface area contributed by atoms with Crippen molar-refractivity contribution in [2.45, 2.75) is 31.0 Å². The number of hydrogen-bond donors (Lipinski definition) is 2. The van der Waals surface area contributed by atoms with Crippen molar-refractivity contribution in [2.24, 2.45) is 13.0 Å². The van der Waals surface area contributed by atoms with Gasteiger partial charge in [-0.3, -0.25) is 9.48 Å². The summed E-state index contributed by atoms with van der Waals surface area (Å²) in [5.41, 5.74) is 1.50. The van der Waals surface area contributed by atoms with Gasteiger partial charge in [0.25, 0.3) is 5.91 Å². The first-order valence-corrected chi connectivity index (χ1v) is 12.3. The highest BCUT2D eigenvalue weighted by Crippen LogP contribution is 2.37. The third-order valence-electron chi connectivity index (χ3n) is 7.27. The lowest BCUT2D eigenvalue weighted by Crippen LogP contribution is -2.31. The Labute approximate surface area is 217 Å². The van der Waals surface area contributed by atoms with E-state index >= 15 is 4.39 Å². The summed E-state index contributed by atoms with van der Waals surface area (Å²) in [6.07, 6.45) is 6.88. The fraction of sp³-hybridized carbons (Fsp3) is 0.333. The molecule has 38 heavy (non-hydrogen) atoms. The van der Waals surface area contributed by atoms with E-state index in [1.165, 1.54) is 31.5 Å². The molecule has 2 aliphatic rings. The number of benzene rings is 2. The number of nitrogens with zero attached hydrogens (tertiary/aromatic N) is 4. The molecule has 6 rings (SSSR count). The zero-order chi connectivity index (χ0) is 26.4. The molecule has 2 aromatic heterocycles. The number of aryl methyl sites for hydroxylation is 1. The second-order valence-corrected chi connectivity index (χ2v) is 9.77. The third-order valence-corrected chi connectivity index (χ3v) is 7.27. The van der Waals surface area contributed by atoms with E-state index < -0.39 is 23.6 Å². The molecule has 9 nitrogen and oxygen atoms in total. The highest BCUT2D eigenvalue weighted by Gasteiger charge is 2.41. The van der Waals surface area contributed by atoms with Gasteiger partial charge in [0.2, 0.25) is 5.95 Å². The normalized spacial score (nSPS) is 21.0. The molecule has 2 fully saturated rings. The Morgan fingerprint density at radius 3 is 2.71 bits per heavy atom. The molecule has 2 N–H and O–H groups in total. The molecular weight excluding hydrogens is 494 g/mol. The first-order valence-electron chi connectivity index (χ1n) is 12.3. The van der Waals surface area contributed by atoms with Crippen molar-refractivity contribution in [3.63, 3.8) is 0 Å². The molecule has 2 aromatic carbocycles. The minimum absolute atomic E-state index is 0.0795. The molecule has 1 saturated heterocycles. The van der Waals surface area contributed by atoms with E-state index in [-0.39, 0.29) is 28.8 Å².